The number of benzene rings is 1. The van der Waals surface area contributed by atoms with Gasteiger partial charge in [-0.05, 0) is 36.8 Å². The summed E-state index contributed by atoms with van der Waals surface area (Å²) in [7, 11) is 0. The van der Waals surface area contributed by atoms with E-state index >= 15 is 0 Å². The molecule has 90 valence electrons. The fraction of sp³-hybridized carbons (Fsp3) is 0.533. The van der Waals surface area contributed by atoms with Crippen LogP contribution in [0.15, 0.2) is 24.3 Å². The van der Waals surface area contributed by atoms with Crippen LogP contribution in [-0.4, -0.2) is 6.54 Å². The Labute approximate surface area is 104 Å². The first kappa shape index (κ1) is 12.0. The Morgan fingerprint density at radius 2 is 2.00 bits per heavy atom. The lowest BCUT2D eigenvalue weighted by atomic mass is 9.83. The van der Waals surface area contributed by atoms with Crippen molar-refractivity contribution in [1.82, 2.24) is 0 Å². The zero-order chi connectivity index (χ0) is 12.1. The molecule has 0 aromatic heterocycles. The summed E-state index contributed by atoms with van der Waals surface area (Å²) in [4.78, 5) is 0. The van der Waals surface area contributed by atoms with E-state index in [2.05, 4.69) is 18.3 Å². The van der Waals surface area contributed by atoms with Gasteiger partial charge in [0.05, 0.1) is 11.3 Å². The fourth-order valence-corrected chi connectivity index (χ4v) is 2.80. The van der Waals surface area contributed by atoms with E-state index in [1.165, 1.54) is 32.1 Å². The van der Waals surface area contributed by atoms with Gasteiger partial charge in [0, 0.05) is 6.54 Å². The molecule has 1 aromatic carbocycles. The summed E-state index contributed by atoms with van der Waals surface area (Å²) in [5, 5.41) is 12.5. The van der Waals surface area contributed by atoms with Crippen molar-refractivity contribution in [2.75, 3.05) is 11.9 Å². The molecule has 0 saturated heterocycles. The molecule has 0 amide bonds. The topological polar surface area (TPSA) is 35.8 Å². The summed E-state index contributed by atoms with van der Waals surface area (Å²) < 4.78 is 0. The van der Waals surface area contributed by atoms with Crippen LogP contribution in [-0.2, 0) is 0 Å². The monoisotopic (exact) mass is 228 g/mol. The molecule has 2 rings (SSSR count). The lowest BCUT2D eigenvalue weighted by Crippen LogP contribution is -2.26. The second-order valence-corrected chi connectivity index (χ2v) is 5.07. The van der Waals surface area contributed by atoms with E-state index in [4.69, 9.17) is 5.26 Å². The summed E-state index contributed by atoms with van der Waals surface area (Å²) in [6.45, 7) is 3.28. The van der Waals surface area contributed by atoms with Crippen molar-refractivity contribution in [2.24, 2.45) is 5.41 Å². The number of para-hydroxylation sites is 1. The third-order valence-corrected chi connectivity index (χ3v) is 4.12. The quantitative estimate of drug-likeness (QED) is 0.847. The van der Waals surface area contributed by atoms with Crippen molar-refractivity contribution < 1.29 is 0 Å². The number of nitriles is 1. The van der Waals surface area contributed by atoms with E-state index in [9.17, 15) is 0 Å². The van der Waals surface area contributed by atoms with Crippen LogP contribution < -0.4 is 5.32 Å². The Hall–Kier alpha value is -1.49. The van der Waals surface area contributed by atoms with E-state index in [0.717, 1.165) is 17.8 Å². The highest BCUT2D eigenvalue weighted by atomic mass is 14.9. The molecule has 1 aliphatic rings. The lowest BCUT2D eigenvalue weighted by Gasteiger charge is -2.28. The lowest BCUT2D eigenvalue weighted by molar-refractivity contribution is 0.307. The highest BCUT2D eigenvalue weighted by molar-refractivity contribution is 5.57. The zero-order valence-electron chi connectivity index (χ0n) is 10.5. The van der Waals surface area contributed by atoms with Crippen LogP contribution >= 0.6 is 0 Å². The van der Waals surface area contributed by atoms with Gasteiger partial charge in [0.2, 0.25) is 0 Å². The van der Waals surface area contributed by atoms with Gasteiger partial charge in [-0.1, -0.05) is 31.9 Å². The van der Waals surface area contributed by atoms with Crippen LogP contribution in [0.3, 0.4) is 0 Å². The zero-order valence-corrected chi connectivity index (χ0v) is 10.5. The minimum atomic E-state index is 0.461. The van der Waals surface area contributed by atoms with Crippen molar-refractivity contribution in [3.8, 4) is 6.07 Å². The molecule has 0 atom stereocenters. The number of hydrogen-bond donors (Lipinski definition) is 1. The molecular formula is C15H20N2. The number of hydrogen-bond acceptors (Lipinski definition) is 2. The molecule has 1 N–H and O–H groups in total. The summed E-state index contributed by atoms with van der Waals surface area (Å²) in [6.07, 6.45) is 6.59. The predicted octanol–water partition coefficient (Wildman–Crippen LogP) is 3.94. The van der Waals surface area contributed by atoms with E-state index < -0.39 is 0 Å². The van der Waals surface area contributed by atoms with Crippen molar-refractivity contribution >= 4 is 5.69 Å². The Bertz CT molecular complexity index is 411. The second kappa shape index (κ2) is 5.23. The predicted molar refractivity (Wildman–Crippen MR) is 70.8 cm³/mol. The molecule has 1 aliphatic carbocycles. The van der Waals surface area contributed by atoms with Gasteiger partial charge in [-0.25, -0.2) is 0 Å². The van der Waals surface area contributed by atoms with E-state index in [1.807, 2.05) is 24.3 Å². The summed E-state index contributed by atoms with van der Waals surface area (Å²) in [5.74, 6) is 0. The standard InChI is InChI=1S/C15H20N2/c1-2-15(9-5-6-10-15)12-17-14-8-4-3-7-13(14)11-16/h3-4,7-8,17H,2,5-6,9-10,12H2,1H3. The molecule has 0 heterocycles. The van der Waals surface area contributed by atoms with E-state index in [1.54, 1.807) is 0 Å². The molecular weight excluding hydrogens is 208 g/mol. The largest absolute Gasteiger partial charge is 0.383 e. The molecule has 0 bridgehead atoms. The van der Waals surface area contributed by atoms with Gasteiger partial charge in [-0.3, -0.25) is 0 Å². The molecule has 2 heteroatoms. The number of rotatable bonds is 4. The van der Waals surface area contributed by atoms with Crippen molar-refractivity contribution in [3.05, 3.63) is 29.8 Å². The maximum Gasteiger partial charge on any atom is 0.101 e. The number of nitrogens with zero attached hydrogens (tertiary/aromatic N) is 1. The van der Waals surface area contributed by atoms with Gasteiger partial charge >= 0.3 is 0 Å². The maximum atomic E-state index is 9.04. The molecule has 17 heavy (non-hydrogen) atoms. The molecule has 0 radical (unpaired) electrons. The molecule has 1 aromatic rings. The Kier molecular flexibility index (Phi) is 3.68. The molecule has 1 fully saturated rings. The molecule has 0 spiro atoms. The number of nitrogens with one attached hydrogen (secondary N) is 1. The highest BCUT2D eigenvalue weighted by Crippen LogP contribution is 2.41. The fourth-order valence-electron chi connectivity index (χ4n) is 2.80. The van der Waals surface area contributed by atoms with Crippen molar-refractivity contribution in [3.63, 3.8) is 0 Å². The van der Waals surface area contributed by atoms with Crippen molar-refractivity contribution in [1.29, 1.82) is 5.26 Å². The van der Waals surface area contributed by atoms with Gasteiger partial charge in [0.1, 0.15) is 6.07 Å². The van der Waals surface area contributed by atoms with Gasteiger partial charge in [-0.2, -0.15) is 5.26 Å². The first-order chi connectivity index (χ1) is 8.29. The van der Waals surface area contributed by atoms with Crippen LogP contribution in [0.1, 0.15) is 44.6 Å². The van der Waals surface area contributed by atoms with Crippen LogP contribution in [0.5, 0.6) is 0 Å². The molecule has 0 aliphatic heterocycles. The van der Waals surface area contributed by atoms with Crippen LogP contribution in [0.2, 0.25) is 0 Å². The molecule has 0 unspecified atom stereocenters. The SMILES string of the molecule is CCC1(CNc2ccccc2C#N)CCCC1. The minimum absolute atomic E-state index is 0.461. The van der Waals surface area contributed by atoms with Gasteiger partial charge < -0.3 is 5.32 Å². The van der Waals surface area contributed by atoms with Gasteiger partial charge in [0.25, 0.3) is 0 Å². The maximum absolute atomic E-state index is 9.04. The van der Waals surface area contributed by atoms with Crippen molar-refractivity contribution in [2.45, 2.75) is 39.0 Å². The minimum Gasteiger partial charge on any atom is -0.383 e. The third kappa shape index (κ3) is 2.61. The normalized spacial score (nSPS) is 17.6. The summed E-state index contributed by atoms with van der Waals surface area (Å²) in [6, 6.07) is 10.0. The van der Waals surface area contributed by atoms with Crippen LogP contribution in [0.25, 0.3) is 0 Å². The molecule has 2 nitrogen and oxygen atoms in total. The number of anilines is 1. The molecule has 1 saturated carbocycles. The Balaban J connectivity index is 2.04. The van der Waals surface area contributed by atoms with E-state index in [-0.39, 0.29) is 0 Å². The smallest absolute Gasteiger partial charge is 0.101 e. The van der Waals surface area contributed by atoms with E-state index in [0.29, 0.717) is 5.41 Å². The van der Waals surface area contributed by atoms with Crippen LogP contribution in [0.4, 0.5) is 5.69 Å². The first-order valence-electron chi connectivity index (χ1n) is 6.53. The highest BCUT2D eigenvalue weighted by Gasteiger charge is 2.31. The van der Waals surface area contributed by atoms with Gasteiger partial charge in [-0.15, -0.1) is 0 Å². The summed E-state index contributed by atoms with van der Waals surface area (Å²) in [5.41, 5.74) is 2.19. The van der Waals surface area contributed by atoms with Crippen LogP contribution in [0, 0.1) is 16.7 Å². The average molecular weight is 228 g/mol. The van der Waals surface area contributed by atoms with Gasteiger partial charge in [0.15, 0.2) is 0 Å². The third-order valence-electron chi connectivity index (χ3n) is 4.12. The Morgan fingerprint density at radius 1 is 1.29 bits per heavy atom. The summed E-state index contributed by atoms with van der Waals surface area (Å²) >= 11 is 0. The Morgan fingerprint density at radius 3 is 2.65 bits per heavy atom. The first-order valence-corrected chi connectivity index (χ1v) is 6.53. The second-order valence-electron chi connectivity index (χ2n) is 5.07. The average Bonchev–Trinajstić information content (AvgIpc) is 2.86.